The zero-order valence-corrected chi connectivity index (χ0v) is 8.19. The van der Waals surface area contributed by atoms with Gasteiger partial charge in [-0.1, -0.05) is 28.1 Å². The van der Waals surface area contributed by atoms with Crippen molar-refractivity contribution >= 4 is 21.9 Å². The van der Waals surface area contributed by atoms with Gasteiger partial charge in [-0.25, -0.2) is 4.79 Å². The first-order valence-electron chi connectivity index (χ1n) is 3.82. The van der Waals surface area contributed by atoms with Crippen molar-refractivity contribution in [3.05, 3.63) is 34.3 Å². The highest BCUT2D eigenvalue weighted by atomic mass is 79.9. The van der Waals surface area contributed by atoms with Crippen LogP contribution in [0.1, 0.15) is 11.7 Å². The van der Waals surface area contributed by atoms with Crippen molar-refractivity contribution in [1.82, 2.24) is 0 Å². The Morgan fingerprint density at radius 1 is 1.54 bits per heavy atom. The Balaban J connectivity index is 2.16. The van der Waals surface area contributed by atoms with Crippen LogP contribution in [0.15, 0.2) is 28.7 Å². The van der Waals surface area contributed by atoms with Gasteiger partial charge in [0.05, 0.1) is 0 Å². The molecule has 2 rings (SSSR count). The van der Waals surface area contributed by atoms with Crippen LogP contribution in [0, 0.1) is 0 Å². The summed E-state index contributed by atoms with van der Waals surface area (Å²) in [5, 5.41) is 8.62. The largest absolute Gasteiger partial charge is 0.479 e. The lowest BCUT2D eigenvalue weighted by molar-refractivity contribution is -0.138. The smallest absolute Gasteiger partial charge is 0.335 e. The molecular formula is C9H7BrO3. The number of hydrogen-bond donors (Lipinski definition) is 1. The Bertz CT molecular complexity index is 350. The van der Waals surface area contributed by atoms with Crippen LogP contribution >= 0.6 is 15.9 Å². The molecule has 3 nitrogen and oxygen atoms in total. The molecule has 1 fully saturated rings. The fraction of sp³-hybridized carbons (Fsp3) is 0.222. The highest BCUT2D eigenvalue weighted by molar-refractivity contribution is 9.10. The summed E-state index contributed by atoms with van der Waals surface area (Å²) in [5.74, 6) is -0.898. The maximum Gasteiger partial charge on any atom is 0.335 e. The lowest BCUT2D eigenvalue weighted by Gasteiger charge is -1.95. The zero-order valence-electron chi connectivity index (χ0n) is 6.61. The minimum absolute atomic E-state index is 0.269. The molecule has 0 spiro atoms. The van der Waals surface area contributed by atoms with E-state index in [4.69, 9.17) is 9.84 Å². The molecule has 68 valence electrons. The molecule has 0 aliphatic carbocycles. The molecular weight excluding hydrogens is 236 g/mol. The summed E-state index contributed by atoms with van der Waals surface area (Å²) < 4.78 is 5.93. The van der Waals surface area contributed by atoms with Gasteiger partial charge in [-0.15, -0.1) is 0 Å². The summed E-state index contributed by atoms with van der Waals surface area (Å²) in [7, 11) is 0. The van der Waals surface area contributed by atoms with Crippen molar-refractivity contribution in [2.45, 2.75) is 12.2 Å². The van der Waals surface area contributed by atoms with E-state index >= 15 is 0 Å². The maximum absolute atomic E-state index is 10.5. The van der Waals surface area contributed by atoms with Gasteiger partial charge >= 0.3 is 5.97 Å². The molecule has 0 aromatic heterocycles. The van der Waals surface area contributed by atoms with E-state index in [9.17, 15) is 4.79 Å². The predicted octanol–water partition coefficient (Wildman–Crippen LogP) is 1.97. The Hall–Kier alpha value is -0.870. The normalized spacial score (nSPS) is 25.6. The van der Waals surface area contributed by atoms with Crippen molar-refractivity contribution in [3.8, 4) is 0 Å². The number of ether oxygens (including phenoxy) is 1. The third kappa shape index (κ3) is 1.73. The van der Waals surface area contributed by atoms with Crippen LogP contribution in [0.3, 0.4) is 0 Å². The summed E-state index contributed by atoms with van der Waals surface area (Å²) in [6, 6.07) is 7.48. The second kappa shape index (κ2) is 3.12. The molecule has 4 heteroatoms. The van der Waals surface area contributed by atoms with E-state index in [1.165, 1.54) is 0 Å². The molecule has 0 amide bonds. The molecule has 0 radical (unpaired) electrons. The quantitative estimate of drug-likeness (QED) is 0.808. The van der Waals surface area contributed by atoms with Crippen LogP contribution < -0.4 is 0 Å². The highest BCUT2D eigenvalue weighted by Gasteiger charge is 2.46. The van der Waals surface area contributed by atoms with E-state index in [-0.39, 0.29) is 6.10 Å². The van der Waals surface area contributed by atoms with Crippen molar-refractivity contribution in [2.75, 3.05) is 0 Å². The standard InChI is InChI=1S/C9H7BrO3/c10-6-3-1-2-5(4-6)7-8(13-7)9(11)12/h1-4,7-8H,(H,11,12)/t7-,8+/m0/s1. The minimum Gasteiger partial charge on any atom is -0.479 e. The molecule has 1 aliphatic heterocycles. The van der Waals surface area contributed by atoms with E-state index < -0.39 is 12.1 Å². The van der Waals surface area contributed by atoms with Crippen LogP contribution in [-0.2, 0) is 9.53 Å². The van der Waals surface area contributed by atoms with Gasteiger partial charge in [0.25, 0.3) is 0 Å². The monoisotopic (exact) mass is 242 g/mol. The van der Waals surface area contributed by atoms with Gasteiger partial charge in [-0.3, -0.25) is 0 Å². The Morgan fingerprint density at radius 2 is 2.31 bits per heavy atom. The SMILES string of the molecule is O=C(O)[C@@H]1O[C@H]1c1cccc(Br)c1. The van der Waals surface area contributed by atoms with E-state index in [0.717, 1.165) is 10.0 Å². The third-order valence-electron chi connectivity index (χ3n) is 1.91. The average molecular weight is 243 g/mol. The minimum atomic E-state index is -0.898. The van der Waals surface area contributed by atoms with Gasteiger partial charge in [0.15, 0.2) is 6.10 Å². The first-order chi connectivity index (χ1) is 6.18. The van der Waals surface area contributed by atoms with Gasteiger partial charge in [-0.2, -0.15) is 0 Å². The van der Waals surface area contributed by atoms with Gasteiger partial charge in [0.2, 0.25) is 0 Å². The van der Waals surface area contributed by atoms with Crippen LogP contribution in [-0.4, -0.2) is 17.2 Å². The van der Waals surface area contributed by atoms with Crippen molar-refractivity contribution in [3.63, 3.8) is 0 Å². The number of carbonyl (C=O) groups is 1. The molecule has 1 saturated heterocycles. The number of rotatable bonds is 2. The molecule has 1 heterocycles. The average Bonchev–Trinajstić information content (AvgIpc) is 2.82. The van der Waals surface area contributed by atoms with Crippen LogP contribution in [0.25, 0.3) is 0 Å². The lowest BCUT2D eigenvalue weighted by atomic mass is 10.1. The number of aliphatic carboxylic acids is 1. The Morgan fingerprint density at radius 3 is 2.85 bits per heavy atom. The fourth-order valence-corrected chi connectivity index (χ4v) is 1.65. The highest BCUT2D eigenvalue weighted by Crippen LogP contribution is 2.39. The molecule has 1 N–H and O–H groups in total. The third-order valence-corrected chi connectivity index (χ3v) is 2.41. The second-order valence-corrected chi connectivity index (χ2v) is 3.79. The van der Waals surface area contributed by atoms with E-state index in [1.807, 2.05) is 24.3 Å². The Kier molecular flexibility index (Phi) is 2.09. The Labute approximate surface area is 83.5 Å². The summed E-state index contributed by atoms with van der Waals surface area (Å²) in [4.78, 5) is 10.5. The van der Waals surface area contributed by atoms with E-state index in [0.29, 0.717) is 0 Å². The van der Waals surface area contributed by atoms with Crippen LogP contribution in [0.5, 0.6) is 0 Å². The summed E-state index contributed by atoms with van der Waals surface area (Å²) in [5.41, 5.74) is 0.904. The number of benzene rings is 1. The first kappa shape index (κ1) is 8.72. The summed E-state index contributed by atoms with van der Waals surface area (Å²) in [6.45, 7) is 0. The molecule has 1 aliphatic rings. The molecule has 0 bridgehead atoms. The summed E-state index contributed by atoms with van der Waals surface area (Å²) in [6.07, 6.45) is -0.927. The predicted molar refractivity (Wildman–Crippen MR) is 49.4 cm³/mol. The van der Waals surface area contributed by atoms with E-state index in [1.54, 1.807) is 0 Å². The molecule has 1 aromatic carbocycles. The number of halogens is 1. The van der Waals surface area contributed by atoms with Crippen LogP contribution in [0.2, 0.25) is 0 Å². The fourth-order valence-electron chi connectivity index (χ4n) is 1.24. The number of hydrogen-bond acceptors (Lipinski definition) is 2. The summed E-state index contributed by atoms with van der Waals surface area (Å²) >= 11 is 3.31. The molecule has 13 heavy (non-hydrogen) atoms. The first-order valence-corrected chi connectivity index (χ1v) is 4.61. The number of carboxylic acids is 1. The zero-order chi connectivity index (χ0) is 9.42. The lowest BCUT2D eigenvalue weighted by Crippen LogP contribution is -2.04. The molecule has 1 aromatic rings. The van der Waals surface area contributed by atoms with Crippen LogP contribution in [0.4, 0.5) is 0 Å². The maximum atomic E-state index is 10.5. The van der Waals surface area contributed by atoms with Crippen molar-refractivity contribution in [1.29, 1.82) is 0 Å². The van der Waals surface area contributed by atoms with Crippen molar-refractivity contribution < 1.29 is 14.6 Å². The molecule has 0 saturated carbocycles. The van der Waals surface area contributed by atoms with Gasteiger partial charge in [0.1, 0.15) is 6.10 Å². The number of carboxylic acid groups (broad SMARTS) is 1. The molecule has 0 unspecified atom stereocenters. The topological polar surface area (TPSA) is 49.8 Å². The molecule has 2 atom stereocenters. The van der Waals surface area contributed by atoms with Gasteiger partial charge in [0, 0.05) is 4.47 Å². The van der Waals surface area contributed by atoms with Crippen molar-refractivity contribution in [2.24, 2.45) is 0 Å². The van der Waals surface area contributed by atoms with Gasteiger partial charge in [-0.05, 0) is 17.7 Å². The second-order valence-electron chi connectivity index (χ2n) is 2.87. The van der Waals surface area contributed by atoms with E-state index in [2.05, 4.69) is 15.9 Å². The van der Waals surface area contributed by atoms with Gasteiger partial charge < -0.3 is 9.84 Å². The number of epoxide rings is 1.